The molecule has 2 aromatic carbocycles. The van der Waals surface area contributed by atoms with Gasteiger partial charge in [0.05, 0.1) is 11.0 Å². The van der Waals surface area contributed by atoms with Crippen LogP contribution in [0.25, 0.3) is 0 Å². The van der Waals surface area contributed by atoms with Crippen LogP contribution in [0.15, 0.2) is 59.5 Å². The number of alkyl carbamates (subject to hydrolysis) is 1. The van der Waals surface area contributed by atoms with E-state index in [-0.39, 0.29) is 30.0 Å². The van der Waals surface area contributed by atoms with Gasteiger partial charge in [-0.05, 0) is 18.1 Å². The summed E-state index contributed by atoms with van der Waals surface area (Å²) in [5.74, 6) is 0. The summed E-state index contributed by atoms with van der Waals surface area (Å²) in [6.45, 7) is 0.187. The van der Waals surface area contributed by atoms with Crippen LogP contribution in [0.1, 0.15) is 23.7 Å². The summed E-state index contributed by atoms with van der Waals surface area (Å²) in [7, 11) is -3.54. The maximum atomic E-state index is 11.8. The summed E-state index contributed by atoms with van der Waals surface area (Å²) in [6, 6.07) is 15.1. The second-order valence-corrected chi connectivity index (χ2v) is 8.08. The number of aliphatic hydroxyl groups excluding tert-OH is 2. The first kappa shape index (κ1) is 20.9. The van der Waals surface area contributed by atoms with Crippen LogP contribution in [-0.2, 0) is 21.2 Å². The number of carbonyl (C=O) groups excluding carboxylic acids is 1. The minimum absolute atomic E-state index is 0.0275. The summed E-state index contributed by atoms with van der Waals surface area (Å²) in [5, 5.41) is 22.9. The van der Waals surface area contributed by atoms with E-state index < -0.39 is 28.1 Å². The summed E-state index contributed by atoms with van der Waals surface area (Å²) < 4.78 is 28.7. The Kier molecular flexibility index (Phi) is 7.35. The van der Waals surface area contributed by atoms with Crippen molar-refractivity contribution in [2.75, 3.05) is 12.8 Å². The van der Waals surface area contributed by atoms with E-state index in [1.165, 1.54) is 12.1 Å². The maximum absolute atomic E-state index is 11.8. The van der Waals surface area contributed by atoms with Gasteiger partial charge < -0.3 is 20.3 Å². The number of carbonyl (C=O) groups is 1. The summed E-state index contributed by atoms with van der Waals surface area (Å²) in [4.78, 5) is 11.6. The molecule has 0 aliphatic rings. The third kappa shape index (κ3) is 6.35. The normalized spacial score (nSPS) is 13.6. The number of benzene rings is 2. The van der Waals surface area contributed by atoms with E-state index in [9.17, 15) is 23.4 Å². The van der Waals surface area contributed by atoms with Crippen LogP contribution in [0.5, 0.6) is 0 Å². The average Bonchev–Trinajstić information content (AvgIpc) is 2.66. The van der Waals surface area contributed by atoms with Crippen molar-refractivity contribution in [2.45, 2.75) is 30.1 Å². The van der Waals surface area contributed by atoms with Crippen LogP contribution in [0.2, 0.25) is 0 Å². The Labute approximate surface area is 158 Å². The first-order valence-corrected chi connectivity index (χ1v) is 10.3. The lowest BCUT2D eigenvalue weighted by molar-refractivity contribution is 0.0120. The third-order valence-corrected chi connectivity index (χ3v) is 5.09. The minimum Gasteiger partial charge on any atom is -0.445 e. The topological polar surface area (TPSA) is 113 Å². The van der Waals surface area contributed by atoms with Crippen LogP contribution in [0.4, 0.5) is 4.79 Å². The molecule has 0 aromatic heterocycles. The van der Waals surface area contributed by atoms with Gasteiger partial charge in [-0.3, -0.25) is 0 Å². The summed E-state index contributed by atoms with van der Waals surface area (Å²) >= 11 is 0. The van der Waals surface area contributed by atoms with E-state index in [0.29, 0.717) is 0 Å². The molecule has 2 unspecified atom stereocenters. The van der Waals surface area contributed by atoms with Crippen molar-refractivity contribution in [2.24, 2.45) is 0 Å². The number of ether oxygens (including phenoxy) is 1. The van der Waals surface area contributed by atoms with Crippen molar-refractivity contribution in [3.63, 3.8) is 0 Å². The van der Waals surface area contributed by atoms with Gasteiger partial charge >= 0.3 is 6.09 Å². The Morgan fingerprint density at radius 3 is 2.37 bits per heavy atom. The molecule has 0 fully saturated rings. The number of hydrogen-bond acceptors (Lipinski definition) is 6. The van der Waals surface area contributed by atoms with Crippen molar-refractivity contribution >= 4 is 15.9 Å². The number of amides is 1. The molecule has 7 nitrogen and oxygen atoms in total. The van der Waals surface area contributed by atoms with Crippen molar-refractivity contribution in [1.29, 1.82) is 0 Å². The molecular weight excluding hydrogens is 370 g/mol. The lowest BCUT2D eigenvalue weighted by Gasteiger charge is -2.20. The minimum atomic E-state index is -3.54. The molecule has 3 N–H and O–H groups in total. The quantitative estimate of drug-likeness (QED) is 0.630. The highest BCUT2D eigenvalue weighted by molar-refractivity contribution is 7.90. The first-order chi connectivity index (χ1) is 12.8. The van der Waals surface area contributed by atoms with E-state index in [2.05, 4.69) is 5.32 Å². The fraction of sp³-hybridized carbons (Fsp3) is 0.316. The first-order valence-electron chi connectivity index (χ1n) is 8.38. The van der Waals surface area contributed by atoms with Gasteiger partial charge in [-0.15, -0.1) is 0 Å². The predicted octanol–water partition coefficient (Wildman–Crippen LogP) is 1.80. The van der Waals surface area contributed by atoms with E-state index >= 15 is 0 Å². The fourth-order valence-electron chi connectivity index (χ4n) is 2.52. The number of sulfone groups is 1. The van der Waals surface area contributed by atoms with E-state index in [4.69, 9.17) is 4.74 Å². The maximum Gasteiger partial charge on any atom is 0.407 e. The molecule has 0 saturated heterocycles. The Hall–Kier alpha value is -2.42. The van der Waals surface area contributed by atoms with Crippen molar-refractivity contribution in [3.8, 4) is 0 Å². The van der Waals surface area contributed by atoms with Gasteiger partial charge in [0.15, 0.2) is 9.84 Å². The lowest BCUT2D eigenvalue weighted by Crippen LogP contribution is -2.30. The number of rotatable bonds is 8. The zero-order valence-electron chi connectivity index (χ0n) is 14.9. The molecule has 2 aromatic rings. The Morgan fingerprint density at radius 2 is 1.70 bits per heavy atom. The highest BCUT2D eigenvalue weighted by atomic mass is 32.2. The van der Waals surface area contributed by atoms with Gasteiger partial charge in [-0.2, -0.15) is 0 Å². The highest BCUT2D eigenvalue weighted by Gasteiger charge is 2.24. The molecule has 146 valence electrons. The third-order valence-electron chi connectivity index (χ3n) is 3.92. The van der Waals surface area contributed by atoms with Crippen molar-refractivity contribution in [3.05, 3.63) is 65.7 Å². The Morgan fingerprint density at radius 1 is 1.07 bits per heavy atom. The SMILES string of the molecule is CS(=O)(=O)c1ccccc1C(O)C(O)CCNC(=O)OCc1ccccc1. The molecule has 0 bridgehead atoms. The molecule has 27 heavy (non-hydrogen) atoms. The van der Waals surface area contributed by atoms with Crippen LogP contribution in [0.3, 0.4) is 0 Å². The highest BCUT2D eigenvalue weighted by Crippen LogP contribution is 2.25. The van der Waals surface area contributed by atoms with E-state index in [1.54, 1.807) is 12.1 Å². The second-order valence-electron chi connectivity index (χ2n) is 6.10. The smallest absolute Gasteiger partial charge is 0.407 e. The van der Waals surface area contributed by atoms with Crippen LogP contribution in [-0.4, -0.2) is 43.6 Å². The van der Waals surface area contributed by atoms with Crippen molar-refractivity contribution in [1.82, 2.24) is 5.32 Å². The molecule has 0 aliphatic carbocycles. The molecule has 0 spiro atoms. The predicted molar refractivity (Wildman–Crippen MR) is 99.8 cm³/mol. The molecule has 0 aliphatic heterocycles. The molecule has 0 saturated carbocycles. The number of hydrogen-bond donors (Lipinski definition) is 3. The molecule has 1 amide bonds. The van der Waals surface area contributed by atoms with E-state index in [1.807, 2.05) is 30.3 Å². The standard InChI is InChI=1S/C19H23NO6S/c1-27(24,25)17-10-6-5-9-15(17)18(22)16(21)11-12-20-19(23)26-13-14-7-3-2-4-8-14/h2-10,16,18,21-22H,11-13H2,1H3,(H,20,23). The summed E-state index contributed by atoms with van der Waals surface area (Å²) in [5.41, 5.74) is 0.972. The lowest BCUT2D eigenvalue weighted by atomic mass is 10.0. The van der Waals surface area contributed by atoms with E-state index in [0.717, 1.165) is 11.8 Å². The van der Waals surface area contributed by atoms with Gasteiger partial charge in [0.1, 0.15) is 12.7 Å². The molecule has 0 heterocycles. The van der Waals surface area contributed by atoms with Gasteiger partial charge in [0.2, 0.25) is 0 Å². The molecular formula is C19H23NO6S. The fourth-order valence-corrected chi connectivity index (χ4v) is 3.47. The van der Waals surface area contributed by atoms with Gasteiger partial charge in [-0.1, -0.05) is 48.5 Å². The molecule has 2 rings (SSSR count). The monoisotopic (exact) mass is 393 g/mol. The second kappa shape index (κ2) is 9.50. The van der Waals surface area contributed by atoms with Gasteiger partial charge in [-0.25, -0.2) is 13.2 Å². The zero-order chi connectivity index (χ0) is 19.9. The van der Waals surface area contributed by atoms with Gasteiger partial charge in [0, 0.05) is 18.4 Å². The Balaban J connectivity index is 1.83. The van der Waals surface area contributed by atoms with Crippen LogP contribution < -0.4 is 5.32 Å². The Bertz CT molecular complexity index is 854. The number of aliphatic hydroxyl groups is 2. The molecule has 8 heteroatoms. The molecule has 2 atom stereocenters. The largest absolute Gasteiger partial charge is 0.445 e. The van der Waals surface area contributed by atoms with Crippen LogP contribution in [0, 0.1) is 0 Å². The summed E-state index contributed by atoms with van der Waals surface area (Å²) in [6.07, 6.45) is -2.22. The van der Waals surface area contributed by atoms with Crippen LogP contribution >= 0.6 is 0 Å². The number of nitrogens with one attached hydrogen (secondary N) is 1. The zero-order valence-corrected chi connectivity index (χ0v) is 15.7. The average molecular weight is 393 g/mol. The van der Waals surface area contributed by atoms with Crippen molar-refractivity contribution < 1.29 is 28.2 Å². The molecule has 0 radical (unpaired) electrons. The van der Waals surface area contributed by atoms with Gasteiger partial charge in [0.25, 0.3) is 0 Å².